The SMILES string of the molecule is CCNC(=NCc1nnc2n1CCC2)NCCN(C(C)C)C(C)C.I. The fraction of sp³-hybridized carbons (Fsp3) is 0.824. The number of aliphatic imine (C=N–C) groups is 1. The Labute approximate surface area is 169 Å². The van der Waals surface area contributed by atoms with Gasteiger partial charge >= 0.3 is 0 Å². The number of aryl methyl sites for hydroxylation is 1. The smallest absolute Gasteiger partial charge is 0.191 e. The van der Waals surface area contributed by atoms with Crippen molar-refractivity contribution in [3.63, 3.8) is 0 Å². The van der Waals surface area contributed by atoms with Gasteiger partial charge in [-0.1, -0.05) is 0 Å². The van der Waals surface area contributed by atoms with Crippen molar-refractivity contribution >= 4 is 29.9 Å². The van der Waals surface area contributed by atoms with Gasteiger partial charge in [0.2, 0.25) is 0 Å². The number of guanidine groups is 1. The van der Waals surface area contributed by atoms with E-state index in [-0.39, 0.29) is 24.0 Å². The molecule has 0 spiro atoms. The van der Waals surface area contributed by atoms with Crippen molar-refractivity contribution in [1.29, 1.82) is 0 Å². The van der Waals surface area contributed by atoms with Crippen molar-refractivity contribution in [3.05, 3.63) is 11.6 Å². The molecule has 1 aliphatic heterocycles. The van der Waals surface area contributed by atoms with Gasteiger partial charge in [-0.2, -0.15) is 0 Å². The topological polar surface area (TPSA) is 70.4 Å². The molecule has 7 nitrogen and oxygen atoms in total. The molecule has 25 heavy (non-hydrogen) atoms. The standard InChI is InChI=1S/C17H33N7.HI/c1-6-18-17(19-9-11-23(13(2)3)14(4)5)20-12-16-22-21-15-8-7-10-24(15)16;/h13-14H,6-12H2,1-5H3,(H2,18,19,20);1H. The Kier molecular flexibility index (Phi) is 9.70. The maximum absolute atomic E-state index is 4.67. The van der Waals surface area contributed by atoms with Crippen LogP contribution >= 0.6 is 24.0 Å². The number of halogens is 1. The lowest BCUT2D eigenvalue weighted by atomic mass is 10.2. The Morgan fingerprint density at radius 2 is 1.92 bits per heavy atom. The summed E-state index contributed by atoms with van der Waals surface area (Å²) in [5.41, 5.74) is 0. The molecule has 144 valence electrons. The van der Waals surface area contributed by atoms with Gasteiger partial charge in [0.15, 0.2) is 11.8 Å². The van der Waals surface area contributed by atoms with E-state index in [1.165, 1.54) is 6.42 Å². The van der Waals surface area contributed by atoms with E-state index in [0.717, 1.165) is 50.2 Å². The quantitative estimate of drug-likeness (QED) is 0.351. The van der Waals surface area contributed by atoms with Gasteiger partial charge < -0.3 is 15.2 Å². The third-order valence-corrected chi connectivity index (χ3v) is 4.40. The molecule has 0 atom stereocenters. The molecule has 0 unspecified atom stereocenters. The predicted molar refractivity (Wildman–Crippen MR) is 114 cm³/mol. The summed E-state index contributed by atoms with van der Waals surface area (Å²) in [6, 6.07) is 1.09. The van der Waals surface area contributed by atoms with Crippen LogP contribution in [0.25, 0.3) is 0 Å². The van der Waals surface area contributed by atoms with Gasteiger partial charge in [0.1, 0.15) is 12.4 Å². The van der Waals surface area contributed by atoms with Gasteiger partial charge in [0.05, 0.1) is 0 Å². The highest BCUT2D eigenvalue weighted by molar-refractivity contribution is 14.0. The molecule has 1 aromatic heterocycles. The van der Waals surface area contributed by atoms with Crippen molar-refractivity contribution in [3.8, 4) is 0 Å². The van der Waals surface area contributed by atoms with E-state index >= 15 is 0 Å². The van der Waals surface area contributed by atoms with Crippen LogP contribution in [0, 0.1) is 0 Å². The molecule has 2 N–H and O–H groups in total. The van der Waals surface area contributed by atoms with Crippen LogP contribution in [0.1, 0.15) is 52.7 Å². The molecule has 0 aromatic carbocycles. The first-order chi connectivity index (χ1) is 11.5. The fourth-order valence-electron chi connectivity index (χ4n) is 3.24. The van der Waals surface area contributed by atoms with Crippen molar-refractivity contribution in [2.45, 2.75) is 72.6 Å². The lowest BCUT2D eigenvalue weighted by Gasteiger charge is -2.30. The molecule has 0 saturated heterocycles. The molecule has 0 bridgehead atoms. The maximum atomic E-state index is 4.67. The molecule has 2 heterocycles. The zero-order valence-electron chi connectivity index (χ0n) is 16.2. The van der Waals surface area contributed by atoms with Crippen molar-refractivity contribution in [2.24, 2.45) is 4.99 Å². The van der Waals surface area contributed by atoms with Crippen LogP contribution in [-0.2, 0) is 19.5 Å². The summed E-state index contributed by atoms with van der Waals surface area (Å²) in [5, 5.41) is 15.2. The van der Waals surface area contributed by atoms with Crippen LogP contribution in [0.5, 0.6) is 0 Å². The highest BCUT2D eigenvalue weighted by Gasteiger charge is 2.17. The highest BCUT2D eigenvalue weighted by Crippen LogP contribution is 2.14. The Hall–Kier alpha value is -0.900. The molecule has 1 aliphatic rings. The Bertz CT molecular complexity index is 531. The number of nitrogens with zero attached hydrogens (tertiary/aromatic N) is 5. The average Bonchev–Trinajstić information content (AvgIpc) is 3.12. The minimum atomic E-state index is 0. The first-order valence-corrected chi connectivity index (χ1v) is 9.21. The van der Waals surface area contributed by atoms with Crippen molar-refractivity contribution in [2.75, 3.05) is 19.6 Å². The summed E-state index contributed by atoms with van der Waals surface area (Å²) >= 11 is 0. The summed E-state index contributed by atoms with van der Waals surface area (Å²) < 4.78 is 2.20. The van der Waals surface area contributed by atoms with Crippen LogP contribution in [0.3, 0.4) is 0 Å². The van der Waals surface area contributed by atoms with E-state index < -0.39 is 0 Å². The van der Waals surface area contributed by atoms with E-state index in [1.807, 2.05) is 0 Å². The van der Waals surface area contributed by atoms with Crippen LogP contribution in [0.4, 0.5) is 0 Å². The summed E-state index contributed by atoms with van der Waals surface area (Å²) in [6.45, 7) is 15.4. The lowest BCUT2D eigenvalue weighted by molar-refractivity contribution is 0.178. The van der Waals surface area contributed by atoms with Crippen LogP contribution in [0.15, 0.2) is 4.99 Å². The first-order valence-electron chi connectivity index (χ1n) is 9.21. The number of fused-ring (bicyclic) bond motifs is 1. The largest absolute Gasteiger partial charge is 0.357 e. The monoisotopic (exact) mass is 463 g/mol. The van der Waals surface area contributed by atoms with Crippen LogP contribution in [-0.4, -0.2) is 57.3 Å². The zero-order valence-corrected chi connectivity index (χ0v) is 18.6. The van der Waals surface area contributed by atoms with E-state index in [0.29, 0.717) is 18.6 Å². The molecular formula is C17H34IN7. The predicted octanol–water partition coefficient (Wildman–Crippen LogP) is 2.02. The van der Waals surface area contributed by atoms with Crippen molar-refractivity contribution < 1.29 is 0 Å². The number of hydrogen-bond donors (Lipinski definition) is 2. The normalized spacial score (nSPS) is 14.2. The second-order valence-electron chi connectivity index (χ2n) is 6.83. The van der Waals surface area contributed by atoms with Crippen molar-refractivity contribution in [1.82, 2.24) is 30.3 Å². The average molecular weight is 463 g/mol. The minimum absolute atomic E-state index is 0. The molecule has 0 aliphatic carbocycles. The van der Waals surface area contributed by atoms with E-state index in [1.54, 1.807) is 0 Å². The number of hydrogen-bond acceptors (Lipinski definition) is 4. The summed E-state index contributed by atoms with van der Waals surface area (Å²) in [4.78, 5) is 7.15. The molecule has 1 aromatic rings. The summed E-state index contributed by atoms with van der Waals surface area (Å²) in [6.07, 6.45) is 2.20. The van der Waals surface area contributed by atoms with Crippen LogP contribution in [0.2, 0.25) is 0 Å². The lowest BCUT2D eigenvalue weighted by Crippen LogP contribution is -2.45. The second kappa shape index (κ2) is 10.9. The van der Waals surface area contributed by atoms with Gasteiger partial charge in [0.25, 0.3) is 0 Å². The molecule has 8 heteroatoms. The van der Waals surface area contributed by atoms with Gasteiger partial charge in [-0.25, -0.2) is 4.99 Å². The molecule has 0 radical (unpaired) electrons. The summed E-state index contributed by atoms with van der Waals surface area (Å²) in [7, 11) is 0. The maximum Gasteiger partial charge on any atom is 0.191 e. The van der Waals surface area contributed by atoms with E-state index in [9.17, 15) is 0 Å². The van der Waals surface area contributed by atoms with E-state index in [4.69, 9.17) is 0 Å². The minimum Gasteiger partial charge on any atom is -0.357 e. The third-order valence-electron chi connectivity index (χ3n) is 4.40. The van der Waals surface area contributed by atoms with E-state index in [2.05, 4.69) is 69.9 Å². The third kappa shape index (κ3) is 6.40. The van der Waals surface area contributed by atoms with Gasteiger partial charge in [-0.15, -0.1) is 34.2 Å². The number of nitrogens with one attached hydrogen (secondary N) is 2. The second-order valence-corrected chi connectivity index (χ2v) is 6.83. The number of rotatable bonds is 8. The molecule has 0 fully saturated rings. The zero-order chi connectivity index (χ0) is 17.5. The molecule has 2 rings (SSSR count). The fourth-order valence-corrected chi connectivity index (χ4v) is 3.24. The van der Waals surface area contributed by atoms with Crippen LogP contribution < -0.4 is 10.6 Å². The van der Waals surface area contributed by atoms with Gasteiger partial charge in [0, 0.05) is 44.7 Å². The highest BCUT2D eigenvalue weighted by atomic mass is 127. The molecule has 0 saturated carbocycles. The summed E-state index contributed by atoms with van der Waals surface area (Å²) in [5.74, 6) is 2.91. The Balaban J connectivity index is 0.00000312. The molecular weight excluding hydrogens is 429 g/mol. The van der Waals surface area contributed by atoms with Gasteiger partial charge in [-0.05, 0) is 41.0 Å². The Morgan fingerprint density at radius 1 is 1.20 bits per heavy atom. The number of aromatic nitrogens is 3. The first kappa shape index (κ1) is 22.1. The molecule has 0 amide bonds. The Morgan fingerprint density at radius 3 is 2.56 bits per heavy atom. The van der Waals surface area contributed by atoms with Gasteiger partial charge in [-0.3, -0.25) is 4.90 Å².